The van der Waals surface area contributed by atoms with E-state index >= 15 is 0 Å². The van der Waals surface area contributed by atoms with Crippen molar-refractivity contribution in [3.8, 4) is 0 Å². The van der Waals surface area contributed by atoms with Gasteiger partial charge in [0.15, 0.2) is 4.96 Å². The van der Waals surface area contributed by atoms with Gasteiger partial charge in [0.2, 0.25) is 0 Å². The molecule has 0 saturated carbocycles. The molecule has 1 aliphatic heterocycles. The van der Waals surface area contributed by atoms with Crippen LogP contribution in [0, 0.1) is 19.8 Å². The van der Waals surface area contributed by atoms with E-state index in [-0.39, 0.29) is 18.1 Å². The molecule has 0 aliphatic carbocycles. The quantitative estimate of drug-likeness (QED) is 0.836. The molecule has 0 aromatic carbocycles. The average Bonchev–Trinajstić information content (AvgIpc) is 2.88. The van der Waals surface area contributed by atoms with Gasteiger partial charge in [0.25, 0.3) is 11.5 Å². The largest absolute Gasteiger partial charge is 0.480 e. The first-order chi connectivity index (χ1) is 11.9. The number of hydrogen-bond donors (Lipinski definition) is 2. The molecule has 2 unspecified atom stereocenters. The van der Waals surface area contributed by atoms with Crippen LogP contribution in [0.2, 0.25) is 0 Å². The van der Waals surface area contributed by atoms with E-state index in [1.807, 2.05) is 6.92 Å². The van der Waals surface area contributed by atoms with E-state index < -0.39 is 23.5 Å². The van der Waals surface area contributed by atoms with Crippen LogP contribution in [-0.2, 0) is 9.53 Å². The number of nitrogens with one attached hydrogen (secondary N) is 1. The van der Waals surface area contributed by atoms with E-state index in [0.717, 1.165) is 17.0 Å². The second-order valence-electron chi connectivity index (χ2n) is 6.11. The third-order valence-electron chi connectivity index (χ3n) is 4.48. The molecule has 2 aromatic heterocycles. The molecular formula is C16H19N3O5S. The predicted molar refractivity (Wildman–Crippen MR) is 91.2 cm³/mol. The summed E-state index contributed by atoms with van der Waals surface area (Å²) >= 11 is 1.36. The van der Waals surface area contributed by atoms with Crippen LogP contribution in [0.5, 0.6) is 0 Å². The Morgan fingerprint density at radius 3 is 2.88 bits per heavy atom. The number of aromatic nitrogens is 2. The molecule has 1 aliphatic rings. The lowest BCUT2D eigenvalue weighted by molar-refractivity contribution is -0.142. The van der Waals surface area contributed by atoms with Gasteiger partial charge in [0, 0.05) is 29.3 Å². The number of carboxylic acid groups (broad SMARTS) is 1. The lowest BCUT2D eigenvalue weighted by atomic mass is 9.93. The van der Waals surface area contributed by atoms with Crippen molar-refractivity contribution in [2.45, 2.75) is 32.7 Å². The van der Waals surface area contributed by atoms with Gasteiger partial charge in [0.05, 0.1) is 6.61 Å². The summed E-state index contributed by atoms with van der Waals surface area (Å²) in [6, 6.07) is -1.10. The molecule has 8 nitrogen and oxygen atoms in total. The smallest absolute Gasteiger partial charge is 0.326 e. The summed E-state index contributed by atoms with van der Waals surface area (Å²) in [6.07, 6.45) is 2.60. The second-order valence-corrected chi connectivity index (χ2v) is 7.29. The minimum absolute atomic E-state index is 0.165. The number of rotatable bonds is 4. The van der Waals surface area contributed by atoms with Crippen LogP contribution in [0.4, 0.5) is 0 Å². The molecule has 2 N–H and O–H groups in total. The Morgan fingerprint density at radius 2 is 2.24 bits per heavy atom. The highest BCUT2D eigenvalue weighted by Gasteiger charge is 2.32. The van der Waals surface area contributed by atoms with Gasteiger partial charge in [-0.3, -0.25) is 14.0 Å². The summed E-state index contributed by atoms with van der Waals surface area (Å²) in [7, 11) is 0. The molecule has 25 heavy (non-hydrogen) atoms. The fourth-order valence-electron chi connectivity index (χ4n) is 2.96. The van der Waals surface area contributed by atoms with E-state index in [1.54, 1.807) is 6.92 Å². The molecule has 3 rings (SSSR count). The molecule has 134 valence electrons. The van der Waals surface area contributed by atoms with Crippen LogP contribution in [0.1, 0.15) is 33.8 Å². The van der Waals surface area contributed by atoms with Gasteiger partial charge in [0.1, 0.15) is 11.6 Å². The van der Waals surface area contributed by atoms with Crippen molar-refractivity contribution in [1.29, 1.82) is 0 Å². The first-order valence-electron chi connectivity index (χ1n) is 7.99. The topological polar surface area (TPSA) is 110 Å². The fraction of sp³-hybridized carbons (Fsp3) is 0.500. The summed E-state index contributed by atoms with van der Waals surface area (Å²) in [5.74, 6) is -2.19. The minimum Gasteiger partial charge on any atom is -0.480 e. The van der Waals surface area contributed by atoms with Gasteiger partial charge in [-0.1, -0.05) is 0 Å². The van der Waals surface area contributed by atoms with Crippen LogP contribution in [-0.4, -0.2) is 45.6 Å². The monoisotopic (exact) mass is 365 g/mol. The standard InChI is InChI=1S/C16H19N3O5S/c1-8-9(2)25-16-17-6-11(14(21)19(8)16)13(20)18-12(15(22)23)10-4-3-5-24-7-10/h6,10,12H,3-5,7H2,1-2H3,(H,18,20)(H,22,23). The van der Waals surface area contributed by atoms with Crippen LogP contribution in [0.15, 0.2) is 11.0 Å². The first kappa shape index (κ1) is 17.6. The lowest BCUT2D eigenvalue weighted by Crippen LogP contribution is -2.49. The summed E-state index contributed by atoms with van der Waals surface area (Å²) in [4.78, 5) is 42.3. The summed E-state index contributed by atoms with van der Waals surface area (Å²) < 4.78 is 6.69. The van der Waals surface area contributed by atoms with Gasteiger partial charge in [-0.15, -0.1) is 11.3 Å². The Balaban J connectivity index is 1.90. The zero-order valence-corrected chi connectivity index (χ0v) is 14.8. The zero-order valence-electron chi connectivity index (χ0n) is 13.9. The lowest BCUT2D eigenvalue weighted by Gasteiger charge is -2.27. The Labute approximate surface area is 147 Å². The number of carbonyl (C=O) groups excluding carboxylic acids is 1. The molecule has 1 saturated heterocycles. The van der Waals surface area contributed by atoms with Crippen LogP contribution in [0.25, 0.3) is 4.96 Å². The molecule has 1 amide bonds. The Morgan fingerprint density at radius 1 is 1.48 bits per heavy atom. The first-order valence-corrected chi connectivity index (χ1v) is 8.81. The maximum absolute atomic E-state index is 12.6. The van der Waals surface area contributed by atoms with E-state index in [1.165, 1.54) is 21.9 Å². The zero-order chi connectivity index (χ0) is 18.1. The van der Waals surface area contributed by atoms with E-state index in [2.05, 4.69) is 10.3 Å². The number of fused-ring (bicyclic) bond motifs is 1. The van der Waals surface area contributed by atoms with Crippen molar-refractivity contribution in [3.63, 3.8) is 0 Å². The predicted octanol–water partition coefficient (Wildman–Crippen LogP) is 0.982. The van der Waals surface area contributed by atoms with Gasteiger partial charge in [-0.05, 0) is 26.7 Å². The highest BCUT2D eigenvalue weighted by Crippen LogP contribution is 2.19. The number of aryl methyl sites for hydroxylation is 2. The average molecular weight is 365 g/mol. The SMILES string of the molecule is Cc1sc2ncc(C(=O)NC(C(=O)O)C3CCCOC3)c(=O)n2c1C. The van der Waals surface area contributed by atoms with Gasteiger partial charge in [-0.25, -0.2) is 9.78 Å². The molecule has 0 radical (unpaired) electrons. The number of aliphatic carboxylic acids is 1. The summed E-state index contributed by atoms with van der Waals surface area (Å²) in [5.41, 5.74) is 0.0670. The molecule has 2 atom stereocenters. The molecule has 2 aromatic rings. The maximum Gasteiger partial charge on any atom is 0.326 e. The van der Waals surface area contributed by atoms with Crippen LogP contribution >= 0.6 is 11.3 Å². The molecule has 0 spiro atoms. The van der Waals surface area contributed by atoms with Crippen molar-refractivity contribution in [2.24, 2.45) is 5.92 Å². The minimum atomic E-state index is -1.14. The third kappa shape index (κ3) is 3.29. The number of thiazole rings is 1. The molecule has 9 heteroatoms. The molecular weight excluding hydrogens is 346 g/mol. The fourth-order valence-corrected chi connectivity index (χ4v) is 3.89. The maximum atomic E-state index is 12.6. The van der Waals surface area contributed by atoms with Crippen LogP contribution < -0.4 is 10.9 Å². The number of carboxylic acids is 1. The third-order valence-corrected chi connectivity index (χ3v) is 5.55. The van der Waals surface area contributed by atoms with E-state index in [4.69, 9.17) is 4.74 Å². The summed E-state index contributed by atoms with van der Waals surface area (Å²) in [6.45, 7) is 4.52. The number of amides is 1. The highest BCUT2D eigenvalue weighted by atomic mass is 32.1. The Bertz CT molecular complexity index is 882. The second kappa shape index (κ2) is 6.93. The van der Waals surface area contributed by atoms with Crippen molar-refractivity contribution in [3.05, 3.63) is 32.7 Å². The normalized spacial score (nSPS) is 18.9. The van der Waals surface area contributed by atoms with E-state index in [0.29, 0.717) is 18.0 Å². The van der Waals surface area contributed by atoms with Gasteiger partial charge < -0.3 is 15.2 Å². The van der Waals surface area contributed by atoms with Crippen molar-refractivity contribution in [2.75, 3.05) is 13.2 Å². The van der Waals surface area contributed by atoms with Crippen molar-refractivity contribution in [1.82, 2.24) is 14.7 Å². The number of ether oxygens (including phenoxy) is 1. The molecule has 3 heterocycles. The highest BCUT2D eigenvalue weighted by molar-refractivity contribution is 7.17. The Hall–Kier alpha value is -2.26. The number of nitrogens with zero attached hydrogens (tertiary/aromatic N) is 2. The van der Waals surface area contributed by atoms with Crippen molar-refractivity contribution >= 4 is 28.2 Å². The van der Waals surface area contributed by atoms with Crippen LogP contribution in [0.3, 0.4) is 0 Å². The van der Waals surface area contributed by atoms with Gasteiger partial charge >= 0.3 is 5.97 Å². The number of carbonyl (C=O) groups is 2. The Kier molecular flexibility index (Phi) is 4.87. The van der Waals surface area contributed by atoms with E-state index in [9.17, 15) is 19.5 Å². The molecule has 0 bridgehead atoms. The molecule has 1 fully saturated rings. The van der Waals surface area contributed by atoms with Crippen molar-refractivity contribution < 1.29 is 19.4 Å². The number of hydrogen-bond acceptors (Lipinski definition) is 6. The summed E-state index contributed by atoms with van der Waals surface area (Å²) in [5, 5.41) is 11.9. The van der Waals surface area contributed by atoms with Gasteiger partial charge in [-0.2, -0.15) is 0 Å².